The van der Waals surface area contributed by atoms with Crippen LogP contribution in [0.5, 0.6) is 0 Å². The molecule has 4 N–H and O–H groups in total. The van der Waals surface area contributed by atoms with Gasteiger partial charge in [0.25, 0.3) is 0 Å². The van der Waals surface area contributed by atoms with E-state index in [1.807, 2.05) is 42.5 Å². The molecule has 280 valence electrons. The lowest BCUT2D eigenvalue weighted by Crippen LogP contribution is -2.29. The summed E-state index contributed by atoms with van der Waals surface area (Å²) in [5.41, 5.74) is 24.1. The van der Waals surface area contributed by atoms with Crippen LogP contribution in [0.3, 0.4) is 0 Å². The van der Waals surface area contributed by atoms with Gasteiger partial charge in [-0.3, -0.25) is 0 Å². The van der Waals surface area contributed by atoms with Crippen LogP contribution < -0.4 is 5.73 Å². The molecule has 0 saturated heterocycles. The first-order chi connectivity index (χ1) is 29.1. The number of fused-ring (bicyclic) bond motifs is 4. The Morgan fingerprint density at radius 1 is 0.508 bits per heavy atom. The van der Waals surface area contributed by atoms with Crippen molar-refractivity contribution in [3.63, 3.8) is 0 Å². The first-order valence-corrected chi connectivity index (χ1v) is 20.0. The van der Waals surface area contributed by atoms with Crippen molar-refractivity contribution in [3.05, 3.63) is 258 Å². The molecule has 2 bridgehead atoms. The largest absolute Gasteiger partial charge is 0.404 e. The van der Waals surface area contributed by atoms with Crippen molar-refractivity contribution in [2.75, 3.05) is 0 Å². The lowest BCUT2D eigenvalue weighted by atomic mass is 9.65. The number of allylic oxidation sites excluding steroid dienone is 5. The van der Waals surface area contributed by atoms with Crippen molar-refractivity contribution in [2.45, 2.75) is 5.41 Å². The lowest BCUT2D eigenvalue weighted by Gasteiger charge is -2.35. The smallest absolute Gasteiger partial charge is 0.0734 e. The van der Waals surface area contributed by atoms with Crippen LogP contribution in [0.15, 0.2) is 230 Å². The number of nitrogens with two attached hydrogens (primary N) is 1. The van der Waals surface area contributed by atoms with Crippen molar-refractivity contribution in [2.24, 2.45) is 5.73 Å². The Hall–Kier alpha value is -7.75. The summed E-state index contributed by atoms with van der Waals surface area (Å²) in [6, 6.07) is 68.8. The highest BCUT2D eigenvalue weighted by atomic mass is 14.7. The van der Waals surface area contributed by atoms with Crippen molar-refractivity contribution in [1.29, 1.82) is 5.41 Å². The third-order valence-electron chi connectivity index (χ3n) is 11.9. The Kier molecular flexibility index (Phi) is 9.04. The summed E-state index contributed by atoms with van der Waals surface area (Å²) in [6.07, 6.45) is 10.0. The van der Waals surface area contributed by atoms with Crippen molar-refractivity contribution in [3.8, 4) is 44.5 Å². The minimum atomic E-state index is -0.763. The molecular formula is C56H41N3. The highest BCUT2D eigenvalue weighted by Gasteiger charge is 2.49. The predicted molar refractivity (Wildman–Crippen MR) is 247 cm³/mol. The maximum atomic E-state index is 8.95. The van der Waals surface area contributed by atoms with Gasteiger partial charge in [-0.05, 0) is 114 Å². The van der Waals surface area contributed by atoms with Gasteiger partial charge in [0.05, 0.1) is 11.1 Å². The third-order valence-corrected chi connectivity index (χ3v) is 11.9. The second-order valence-electron chi connectivity index (χ2n) is 15.1. The summed E-state index contributed by atoms with van der Waals surface area (Å²) in [4.78, 5) is 3.74. The van der Waals surface area contributed by atoms with E-state index in [0.717, 1.165) is 77.7 Å². The number of hydrogen-bond donors (Lipinski definition) is 3. The number of hydrogen-bond acceptors (Lipinski definition) is 2. The number of H-pyrrole nitrogens is 1. The summed E-state index contributed by atoms with van der Waals surface area (Å²) < 4.78 is 0. The van der Waals surface area contributed by atoms with Crippen LogP contribution in [0.25, 0.3) is 61.0 Å². The van der Waals surface area contributed by atoms with Gasteiger partial charge in [-0.1, -0.05) is 176 Å². The van der Waals surface area contributed by atoms with E-state index in [0.29, 0.717) is 5.71 Å². The Labute approximate surface area is 345 Å². The molecule has 7 aromatic carbocycles. The Morgan fingerprint density at radius 2 is 1.10 bits per heavy atom. The molecule has 1 unspecified atom stereocenters. The van der Waals surface area contributed by atoms with Gasteiger partial charge in [0, 0.05) is 28.9 Å². The summed E-state index contributed by atoms with van der Waals surface area (Å²) in [7, 11) is 0. The molecule has 2 aliphatic carbocycles. The van der Waals surface area contributed by atoms with E-state index in [1.165, 1.54) is 16.7 Å². The average molecular weight is 756 g/mol. The molecule has 1 aromatic heterocycles. The van der Waals surface area contributed by atoms with Crippen LogP contribution in [0.1, 0.15) is 27.8 Å². The quantitative estimate of drug-likeness (QED) is 0.145. The minimum Gasteiger partial charge on any atom is -0.404 e. The van der Waals surface area contributed by atoms with E-state index in [1.54, 1.807) is 6.20 Å². The maximum absolute atomic E-state index is 8.95. The molecule has 0 amide bonds. The normalized spacial score (nSPS) is 16.3. The summed E-state index contributed by atoms with van der Waals surface area (Å²) in [5, 5.41) is 10.1. The summed E-state index contributed by atoms with van der Waals surface area (Å²) in [5.74, 6) is 0. The van der Waals surface area contributed by atoms with Crippen molar-refractivity contribution < 1.29 is 0 Å². The molecule has 0 saturated carbocycles. The molecule has 3 nitrogen and oxygen atoms in total. The monoisotopic (exact) mass is 755 g/mol. The molecule has 59 heavy (non-hydrogen) atoms. The maximum Gasteiger partial charge on any atom is 0.0734 e. The van der Waals surface area contributed by atoms with Crippen LogP contribution in [-0.4, -0.2) is 10.7 Å². The van der Waals surface area contributed by atoms with Crippen LogP contribution in [-0.2, 0) is 5.41 Å². The van der Waals surface area contributed by atoms with Gasteiger partial charge in [-0.15, -0.1) is 0 Å². The number of para-hydroxylation sites is 1. The molecular weight excluding hydrogens is 715 g/mol. The van der Waals surface area contributed by atoms with Gasteiger partial charge >= 0.3 is 0 Å². The second-order valence-corrected chi connectivity index (χ2v) is 15.1. The molecule has 1 spiro atoms. The van der Waals surface area contributed by atoms with Crippen LogP contribution in [0.2, 0.25) is 0 Å². The van der Waals surface area contributed by atoms with Crippen molar-refractivity contribution >= 4 is 22.2 Å². The number of aromatic amines is 1. The zero-order valence-electron chi connectivity index (χ0n) is 32.4. The van der Waals surface area contributed by atoms with Crippen LogP contribution in [0, 0.1) is 5.41 Å². The Balaban J connectivity index is 1.25. The van der Waals surface area contributed by atoms with Crippen molar-refractivity contribution in [1.82, 2.24) is 4.98 Å². The van der Waals surface area contributed by atoms with E-state index < -0.39 is 5.41 Å². The standard InChI is InChI=1S/C56H41N3/c57-36-50-49-35-41(44-33-42(38-16-4-1-5-17-38)32-43(34-44)39-18-6-2-7-19-39)30-31-53(49)56(52(50)27-15-28-54(58)40-20-8-3-9-21-40)45-22-14-25-46(47-23-10-12-26-51(47)56)48-24-11-13-29-55(48)59-37-45/h1-37,58-59H,57H2. The molecule has 1 atom stereocenters. The molecule has 8 aromatic rings. The van der Waals surface area contributed by atoms with Crippen LogP contribution >= 0.6 is 0 Å². The molecule has 0 radical (unpaired) electrons. The second kappa shape index (κ2) is 15.0. The topological polar surface area (TPSA) is 65.7 Å². The van der Waals surface area contributed by atoms with Gasteiger partial charge in [0.15, 0.2) is 0 Å². The first kappa shape index (κ1) is 35.6. The molecule has 1 aliphatic heterocycles. The van der Waals surface area contributed by atoms with Gasteiger partial charge in [0.2, 0.25) is 0 Å². The number of aromatic nitrogens is 1. The zero-order valence-corrected chi connectivity index (χ0v) is 32.4. The molecule has 3 heteroatoms. The van der Waals surface area contributed by atoms with E-state index in [4.69, 9.17) is 11.1 Å². The van der Waals surface area contributed by atoms with Gasteiger partial charge in [0.1, 0.15) is 0 Å². The number of benzene rings is 7. The highest BCUT2D eigenvalue weighted by Crippen LogP contribution is 2.59. The lowest BCUT2D eigenvalue weighted by molar-refractivity contribution is 0.768. The highest BCUT2D eigenvalue weighted by molar-refractivity contribution is 6.07. The molecule has 3 aliphatic rings. The Morgan fingerprint density at radius 3 is 1.81 bits per heavy atom. The van der Waals surface area contributed by atoms with E-state index in [-0.39, 0.29) is 0 Å². The fraction of sp³-hybridized carbons (Fsp3) is 0.0179. The predicted octanol–water partition coefficient (Wildman–Crippen LogP) is 13.5. The summed E-state index contributed by atoms with van der Waals surface area (Å²) >= 11 is 0. The van der Waals surface area contributed by atoms with E-state index in [2.05, 4.69) is 181 Å². The summed E-state index contributed by atoms with van der Waals surface area (Å²) in [6.45, 7) is 0. The van der Waals surface area contributed by atoms with Gasteiger partial charge < -0.3 is 16.1 Å². The average Bonchev–Trinajstić information content (AvgIpc) is 3.64. The molecule has 11 rings (SSSR count). The van der Waals surface area contributed by atoms with E-state index in [9.17, 15) is 0 Å². The minimum absolute atomic E-state index is 0.439. The Bertz CT molecular complexity index is 3000. The van der Waals surface area contributed by atoms with E-state index >= 15 is 0 Å². The van der Waals surface area contributed by atoms with Crippen LogP contribution in [0.4, 0.5) is 0 Å². The third kappa shape index (κ3) is 6.12. The number of rotatable bonds is 6. The number of nitrogens with one attached hydrogen (secondary N) is 2. The molecule has 2 heterocycles. The SMILES string of the molecule is N=C(C=CC=C1C(=CN)c2cc(-c3cc(-c4ccccc4)cc(-c4ccccc4)c3)ccc2C12c1cccc(c3ccccc3[nH]c1)-c1ccccc12)c1ccccc1. The van der Waals surface area contributed by atoms with Gasteiger partial charge in [-0.2, -0.15) is 0 Å². The fourth-order valence-corrected chi connectivity index (χ4v) is 9.16. The fourth-order valence-electron chi connectivity index (χ4n) is 9.16. The zero-order chi connectivity index (χ0) is 39.8. The first-order valence-electron chi connectivity index (χ1n) is 20.0. The van der Waals surface area contributed by atoms with Gasteiger partial charge in [-0.25, -0.2) is 0 Å². The molecule has 0 fully saturated rings.